The normalized spacial score (nSPS) is 11.3. The predicted molar refractivity (Wildman–Crippen MR) is 89.3 cm³/mol. The molecule has 1 amide bonds. The van der Waals surface area contributed by atoms with E-state index >= 15 is 0 Å². The van der Waals surface area contributed by atoms with Gasteiger partial charge in [0.1, 0.15) is 0 Å². The van der Waals surface area contributed by atoms with Crippen LogP contribution in [0.3, 0.4) is 0 Å². The monoisotopic (exact) mass is 358 g/mol. The van der Waals surface area contributed by atoms with Crippen LogP contribution < -0.4 is 5.32 Å². The molecular weight excluding hydrogens is 336 g/mol. The molecule has 24 heavy (non-hydrogen) atoms. The maximum atomic E-state index is 12.0. The van der Waals surface area contributed by atoms with Crippen molar-refractivity contribution in [3.05, 3.63) is 29.8 Å². The number of anilines is 1. The highest BCUT2D eigenvalue weighted by atomic mass is 32.2. The van der Waals surface area contributed by atoms with Crippen molar-refractivity contribution in [2.75, 3.05) is 45.5 Å². The standard InChI is InChI=1S/C15H22N2O6S/c1-22-10-9-17(24(3,20)21)8-7-14(18)16-13-6-4-5-12(11-13)15(19)23-2/h4-6,11H,7-10H2,1-3H3,(H,16,18). The Hall–Kier alpha value is -1.97. The number of carbonyl (C=O) groups excluding carboxylic acids is 2. The lowest BCUT2D eigenvalue weighted by molar-refractivity contribution is -0.116. The number of benzene rings is 1. The van der Waals surface area contributed by atoms with E-state index in [2.05, 4.69) is 10.1 Å². The molecular formula is C15H22N2O6S. The molecule has 0 saturated heterocycles. The first-order chi connectivity index (χ1) is 11.3. The maximum absolute atomic E-state index is 12.0. The number of hydrogen-bond donors (Lipinski definition) is 1. The number of nitrogens with one attached hydrogen (secondary N) is 1. The van der Waals surface area contributed by atoms with Crippen LogP contribution in [0.25, 0.3) is 0 Å². The van der Waals surface area contributed by atoms with Crippen LogP contribution in [-0.4, -0.2) is 64.8 Å². The van der Waals surface area contributed by atoms with Gasteiger partial charge in [-0.25, -0.2) is 13.2 Å². The average Bonchev–Trinajstić information content (AvgIpc) is 2.53. The summed E-state index contributed by atoms with van der Waals surface area (Å²) in [5, 5.41) is 2.62. The van der Waals surface area contributed by atoms with E-state index in [1.807, 2.05) is 0 Å². The van der Waals surface area contributed by atoms with Crippen LogP contribution in [0.5, 0.6) is 0 Å². The minimum Gasteiger partial charge on any atom is -0.465 e. The van der Waals surface area contributed by atoms with Crippen molar-refractivity contribution in [3.63, 3.8) is 0 Å². The van der Waals surface area contributed by atoms with Crippen LogP contribution in [0.15, 0.2) is 24.3 Å². The number of rotatable bonds is 9. The Morgan fingerprint density at radius 1 is 1.21 bits per heavy atom. The summed E-state index contributed by atoms with van der Waals surface area (Å²) in [6, 6.07) is 6.30. The fourth-order valence-electron chi connectivity index (χ4n) is 1.93. The summed E-state index contributed by atoms with van der Waals surface area (Å²) in [5.41, 5.74) is 0.749. The third-order valence-corrected chi connectivity index (χ3v) is 4.47. The topological polar surface area (TPSA) is 102 Å². The second-order valence-electron chi connectivity index (χ2n) is 5.03. The van der Waals surface area contributed by atoms with Gasteiger partial charge < -0.3 is 14.8 Å². The van der Waals surface area contributed by atoms with Crippen LogP contribution in [0.4, 0.5) is 5.69 Å². The zero-order valence-electron chi connectivity index (χ0n) is 13.9. The molecule has 0 aliphatic heterocycles. The number of carbonyl (C=O) groups is 2. The Kier molecular flexibility index (Phi) is 7.83. The molecule has 0 saturated carbocycles. The van der Waals surface area contributed by atoms with Crippen molar-refractivity contribution < 1.29 is 27.5 Å². The summed E-state index contributed by atoms with van der Waals surface area (Å²) in [6.45, 7) is 0.473. The van der Waals surface area contributed by atoms with E-state index in [1.54, 1.807) is 18.2 Å². The molecule has 0 fully saturated rings. The number of methoxy groups -OCH3 is 2. The van der Waals surface area contributed by atoms with Crippen molar-refractivity contribution in [3.8, 4) is 0 Å². The Labute approximate surface area is 141 Å². The molecule has 0 bridgehead atoms. The molecule has 1 aromatic carbocycles. The summed E-state index contributed by atoms with van der Waals surface area (Å²) >= 11 is 0. The van der Waals surface area contributed by atoms with Gasteiger partial charge in [-0.3, -0.25) is 4.79 Å². The highest BCUT2D eigenvalue weighted by Gasteiger charge is 2.17. The van der Waals surface area contributed by atoms with Crippen LogP contribution >= 0.6 is 0 Å². The van der Waals surface area contributed by atoms with E-state index in [9.17, 15) is 18.0 Å². The fourth-order valence-corrected chi connectivity index (χ4v) is 2.76. The third-order valence-electron chi connectivity index (χ3n) is 3.17. The van der Waals surface area contributed by atoms with Crippen LogP contribution in [-0.2, 0) is 24.3 Å². The van der Waals surface area contributed by atoms with Crippen LogP contribution in [0.1, 0.15) is 16.8 Å². The molecule has 1 rings (SSSR count). The van der Waals surface area contributed by atoms with Gasteiger partial charge in [-0.15, -0.1) is 0 Å². The molecule has 1 aromatic rings. The van der Waals surface area contributed by atoms with Gasteiger partial charge in [0.15, 0.2) is 0 Å². The molecule has 1 N–H and O–H groups in total. The molecule has 8 nitrogen and oxygen atoms in total. The first-order valence-electron chi connectivity index (χ1n) is 7.20. The summed E-state index contributed by atoms with van der Waals surface area (Å²) in [5.74, 6) is -0.864. The highest BCUT2D eigenvalue weighted by molar-refractivity contribution is 7.88. The minimum atomic E-state index is -3.41. The first kappa shape index (κ1) is 20.1. The van der Waals surface area contributed by atoms with Crippen LogP contribution in [0.2, 0.25) is 0 Å². The maximum Gasteiger partial charge on any atom is 0.337 e. The number of ether oxygens (including phenoxy) is 2. The Bertz CT molecular complexity index is 674. The Balaban J connectivity index is 2.64. The van der Waals surface area contributed by atoms with E-state index in [-0.39, 0.29) is 32.0 Å². The Morgan fingerprint density at radius 2 is 1.92 bits per heavy atom. The Morgan fingerprint density at radius 3 is 2.50 bits per heavy atom. The zero-order chi connectivity index (χ0) is 18.2. The van der Waals surface area contributed by atoms with E-state index in [0.717, 1.165) is 6.26 Å². The van der Waals surface area contributed by atoms with Gasteiger partial charge in [0.05, 0.1) is 25.5 Å². The SMILES string of the molecule is COCCN(CCC(=O)Nc1cccc(C(=O)OC)c1)S(C)(=O)=O. The largest absolute Gasteiger partial charge is 0.465 e. The molecule has 0 aliphatic carbocycles. The van der Waals surface area contributed by atoms with Gasteiger partial charge in [-0.1, -0.05) is 6.07 Å². The van der Waals surface area contributed by atoms with Crippen molar-refractivity contribution in [2.24, 2.45) is 0 Å². The quantitative estimate of drug-likeness (QED) is 0.652. The summed E-state index contributed by atoms with van der Waals surface area (Å²) in [4.78, 5) is 23.4. The number of nitrogens with zero attached hydrogens (tertiary/aromatic N) is 1. The lowest BCUT2D eigenvalue weighted by Gasteiger charge is -2.19. The molecule has 0 radical (unpaired) electrons. The van der Waals surface area contributed by atoms with Crippen molar-refractivity contribution in [1.29, 1.82) is 0 Å². The smallest absolute Gasteiger partial charge is 0.337 e. The van der Waals surface area contributed by atoms with Gasteiger partial charge in [0, 0.05) is 32.3 Å². The molecule has 0 spiro atoms. The van der Waals surface area contributed by atoms with Gasteiger partial charge in [0.2, 0.25) is 15.9 Å². The average molecular weight is 358 g/mol. The van der Waals surface area contributed by atoms with Gasteiger partial charge in [-0.2, -0.15) is 4.31 Å². The summed E-state index contributed by atoms with van der Waals surface area (Å²) in [7, 11) is -0.670. The minimum absolute atomic E-state index is 0.0146. The lowest BCUT2D eigenvalue weighted by atomic mass is 10.2. The van der Waals surface area contributed by atoms with E-state index in [0.29, 0.717) is 11.3 Å². The number of hydrogen-bond acceptors (Lipinski definition) is 6. The van der Waals surface area contributed by atoms with E-state index < -0.39 is 16.0 Å². The molecule has 0 aliphatic rings. The first-order valence-corrected chi connectivity index (χ1v) is 9.05. The summed E-state index contributed by atoms with van der Waals surface area (Å²) in [6.07, 6.45) is 1.07. The molecule has 0 aromatic heterocycles. The predicted octanol–water partition coefficient (Wildman–Crippen LogP) is 0.710. The molecule has 0 unspecified atom stereocenters. The highest BCUT2D eigenvalue weighted by Crippen LogP contribution is 2.12. The zero-order valence-corrected chi connectivity index (χ0v) is 14.8. The molecule has 0 heterocycles. The molecule has 9 heteroatoms. The van der Waals surface area contributed by atoms with Crippen molar-refractivity contribution in [1.82, 2.24) is 4.31 Å². The van der Waals surface area contributed by atoms with Gasteiger partial charge >= 0.3 is 5.97 Å². The molecule has 0 atom stereocenters. The third kappa shape index (κ3) is 6.65. The van der Waals surface area contributed by atoms with Crippen molar-refractivity contribution in [2.45, 2.75) is 6.42 Å². The number of sulfonamides is 1. The van der Waals surface area contributed by atoms with Crippen LogP contribution in [0, 0.1) is 0 Å². The lowest BCUT2D eigenvalue weighted by Crippen LogP contribution is -2.35. The fraction of sp³-hybridized carbons (Fsp3) is 0.467. The second-order valence-corrected chi connectivity index (χ2v) is 7.01. The van der Waals surface area contributed by atoms with E-state index in [1.165, 1.54) is 24.6 Å². The summed E-state index contributed by atoms with van der Waals surface area (Å²) < 4.78 is 34.0. The number of amides is 1. The van der Waals surface area contributed by atoms with Gasteiger partial charge in [0.25, 0.3) is 0 Å². The number of esters is 1. The molecule has 134 valence electrons. The van der Waals surface area contributed by atoms with Gasteiger partial charge in [-0.05, 0) is 18.2 Å². The second kappa shape index (κ2) is 9.36. The van der Waals surface area contributed by atoms with E-state index in [4.69, 9.17) is 4.74 Å². The van der Waals surface area contributed by atoms with Crippen molar-refractivity contribution >= 4 is 27.6 Å².